The summed E-state index contributed by atoms with van der Waals surface area (Å²) in [5.74, 6) is -4.23. The van der Waals surface area contributed by atoms with Gasteiger partial charge in [0.05, 0.1) is 12.3 Å². The first-order chi connectivity index (χ1) is 13.4. The van der Waals surface area contributed by atoms with Gasteiger partial charge in [-0.2, -0.15) is 0 Å². The Hall–Kier alpha value is -2.58. The van der Waals surface area contributed by atoms with Gasteiger partial charge in [0.2, 0.25) is 0 Å². The summed E-state index contributed by atoms with van der Waals surface area (Å²) >= 11 is 6.24. The molecule has 0 saturated carbocycles. The summed E-state index contributed by atoms with van der Waals surface area (Å²) in [7, 11) is 2.80. The molecule has 5 nitrogen and oxygen atoms in total. The van der Waals surface area contributed by atoms with E-state index >= 15 is 0 Å². The molecule has 9 heteroatoms. The van der Waals surface area contributed by atoms with E-state index in [1.807, 2.05) is 0 Å². The monoisotopic (exact) mass is 414 g/mol. The predicted molar refractivity (Wildman–Crippen MR) is 100 cm³/mol. The van der Waals surface area contributed by atoms with Crippen LogP contribution in [-0.2, 0) is 21.0 Å². The van der Waals surface area contributed by atoms with Crippen molar-refractivity contribution in [2.75, 3.05) is 20.8 Å². The van der Waals surface area contributed by atoms with Gasteiger partial charge in [0.15, 0.2) is 17.5 Å². The van der Waals surface area contributed by atoms with Crippen LogP contribution in [0.3, 0.4) is 0 Å². The lowest BCUT2D eigenvalue weighted by molar-refractivity contribution is 0.127. The molecule has 0 heterocycles. The van der Waals surface area contributed by atoms with Crippen LogP contribution in [0.25, 0.3) is 0 Å². The summed E-state index contributed by atoms with van der Waals surface area (Å²) in [5.41, 5.74) is 1.94. The van der Waals surface area contributed by atoms with Crippen molar-refractivity contribution in [2.24, 2.45) is 10.3 Å². The fraction of sp³-hybridized carbons (Fsp3) is 0.263. The number of hydrogen-bond acceptors (Lipinski definition) is 5. The first-order valence-electron chi connectivity index (χ1n) is 8.07. The van der Waals surface area contributed by atoms with Crippen LogP contribution in [-0.4, -0.2) is 32.2 Å². The van der Waals surface area contributed by atoms with Crippen molar-refractivity contribution in [3.8, 4) is 0 Å². The summed E-state index contributed by atoms with van der Waals surface area (Å²) in [6, 6.07) is 6.84. The van der Waals surface area contributed by atoms with E-state index in [4.69, 9.17) is 26.0 Å². The van der Waals surface area contributed by atoms with E-state index in [1.54, 1.807) is 25.1 Å². The number of rotatable bonds is 8. The summed E-state index contributed by atoms with van der Waals surface area (Å²) in [6.45, 7) is 1.58. The normalized spacial score (nSPS) is 12.2. The fourth-order valence-corrected chi connectivity index (χ4v) is 2.66. The van der Waals surface area contributed by atoms with Gasteiger partial charge in [-0.3, -0.25) is 0 Å². The van der Waals surface area contributed by atoms with Gasteiger partial charge in [-0.1, -0.05) is 34.0 Å². The molecular weight excluding hydrogens is 397 g/mol. The number of hydrogen-bond donors (Lipinski definition) is 0. The first kappa shape index (κ1) is 21.7. The lowest BCUT2D eigenvalue weighted by atomic mass is 10.0. The highest BCUT2D eigenvalue weighted by atomic mass is 35.5. The van der Waals surface area contributed by atoms with Crippen molar-refractivity contribution in [3.05, 3.63) is 69.5 Å². The highest BCUT2D eigenvalue weighted by molar-refractivity contribution is 6.32. The third kappa shape index (κ3) is 5.24. The van der Waals surface area contributed by atoms with Crippen molar-refractivity contribution in [1.82, 2.24) is 0 Å². The first-order valence-corrected chi connectivity index (χ1v) is 8.45. The van der Waals surface area contributed by atoms with E-state index in [0.717, 1.165) is 12.1 Å². The van der Waals surface area contributed by atoms with Crippen LogP contribution in [0.2, 0.25) is 5.02 Å². The number of benzene rings is 2. The molecule has 0 amide bonds. The Kier molecular flexibility index (Phi) is 7.83. The molecule has 0 saturated heterocycles. The Bertz CT molecular complexity index is 881. The summed E-state index contributed by atoms with van der Waals surface area (Å²) in [6.07, 6.45) is 0. The smallest absolute Gasteiger partial charge is 0.194 e. The molecule has 0 aliphatic rings. The van der Waals surface area contributed by atoms with E-state index in [-0.39, 0.29) is 24.5 Å². The number of nitrogens with zero attached hydrogens (tertiary/aromatic N) is 2. The molecule has 0 aromatic heterocycles. The Morgan fingerprint density at radius 2 is 1.75 bits per heavy atom. The molecule has 2 aromatic rings. The molecule has 0 fully saturated rings. The molecule has 0 aliphatic heterocycles. The van der Waals surface area contributed by atoms with Gasteiger partial charge in [0.25, 0.3) is 0 Å². The number of halogens is 4. The van der Waals surface area contributed by atoms with Gasteiger partial charge in [-0.05, 0) is 25.1 Å². The Labute approximate surface area is 165 Å². The van der Waals surface area contributed by atoms with E-state index in [2.05, 4.69) is 10.3 Å². The molecule has 0 aliphatic carbocycles. The molecule has 0 N–H and O–H groups in total. The Morgan fingerprint density at radius 3 is 2.36 bits per heavy atom. The number of methoxy groups -OCH3 is 1. The van der Waals surface area contributed by atoms with Crippen LogP contribution < -0.4 is 0 Å². The standard InChI is InChI=1S/C19H18ClF3N2O3/c1-11(24-27-3)13-5-4-6-15(20)14(13)9-28-25-18(10-26-2)12-7-16(21)19(23)17(22)8-12/h4-8H,9-10H2,1-3H3/b24-11-,25-18+. The lowest BCUT2D eigenvalue weighted by Gasteiger charge is -2.11. The second-order valence-corrected chi connectivity index (χ2v) is 6.03. The van der Waals surface area contributed by atoms with E-state index in [0.29, 0.717) is 21.9 Å². The van der Waals surface area contributed by atoms with Crippen LogP contribution in [0.1, 0.15) is 23.6 Å². The maximum Gasteiger partial charge on any atom is 0.194 e. The minimum absolute atomic E-state index is 0.00485. The van der Waals surface area contributed by atoms with Crippen molar-refractivity contribution in [1.29, 1.82) is 0 Å². The van der Waals surface area contributed by atoms with E-state index in [9.17, 15) is 13.2 Å². The maximum atomic E-state index is 13.5. The van der Waals surface area contributed by atoms with Crippen LogP contribution in [0.15, 0.2) is 40.6 Å². The van der Waals surface area contributed by atoms with Crippen LogP contribution in [0.4, 0.5) is 13.2 Å². The van der Waals surface area contributed by atoms with Crippen LogP contribution in [0.5, 0.6) is 0 Å². The lowest BCUT2D eigenvalue weighted by Crippen LogP contribution is -2.12. The molecule has 0 atom stereocenters. The van der Waals surface area contributed by atoms with E-state index in [1.165, 1.54) is 14.2 Å². The SMILES string of the molecule is COC/C(=N\OCc1c(Cl)cccc1/C(C)=N\OC)c1cc(F)c(F)c(F)c1. The molecule has 150 valence electrons. The van der Waals surface area contributed by atoms with Gasteiger partial charge in [0, 0.05) is 28.8 Å². The molecule has 2 rings (SSSR count). The molecule has 28 heavy (non-hydrogen) atoms. The summed E-state index contributed by atoms with van der Waals surface area (Å²) < 4.78 is 45.2. The largest absolute Gasteiger partial charge is 0.399 e. The average Bonchev–Trinajstić information content (AvgIpc) is 2.66. The van der Waals surface area contributed by atoms with Crippen molar-refractivity contribution < 1.29 is 27.6 Å². The molecule has 0 spiro atoms. The summed E-state index contributed by atoms with van der Waals surface area (Å²) in [4.78, 5) is 10.1. The molecular formula is C19H18ClF3N2O3. The minimum atomic E-state index is -1.56. The van der Waals surface area contributed by atoms with Gasteiger partial charge in [0.1, 0.15) is 19.4 Å². The molecule has 0 radical (unpaired) electrons. The molecule has 0 bridgehead atoms. The van der Waals surface area contributed by atoms with Gasteiger partial charge >= 0.3 is 0 Å². The third-order valence-corrected chi connectivity index (χ3v) is 4.07. The highest BCUT2D eigenvalue weighted by Crippen LogP contribution is 2.22. The number of oxime groups is 2. The quantitative estimate of drug-likeness (QED) is 0.357. The maximum absolute atomic E-state index is 13.5. The van der Waals surface area contributed by atoms with E-state index < -0.39 is 17.5 Å². The summed E-state index contributed by atoms with van der Waals surface area (Å²) in [5, 5.41) is 8.18. The zero-order chi connectivity index (χ0) is 20.7. The zero-order valence-electron chi connectivity index (χ0n) is 15.4. The van der Waals surface area contributed by atoms with Gasteiger partial charge < -0.3 is 14.4 Å². The number of ether oxygens (including phenoxy) is 1. The topological polar surface area (TPSA) is 52.4 Å². The molecule has 2 aromatic carbocycles. The second-order valence-electron chi connectivity index (χ2n) is 5.62. The second kappa shape index (κ2) is 10.1. The van der Waals surface area contributed by atoms with Gasteiger partial charge in [-0.25, -0.2) is 13.2 Å². The van der Waals surface area contributed by atoms with Crippen LogP contribution in [0, 0.1) is 17.5 Å². The predicted octanol–water partition coefficient (Wildman–Crippen LogP) is 4.70. The van der Waals surface area contributed by atoms with Crippen molar-refractivity contribution in [2.45, 2.75) is 13.5 Å². The van der Waals surface area contributed by atoms with Crippen LogP contribution >= 0.6 is 11.6 Å². The molecule has 0 unspecified atom stereocenters. The average molecular weight is 415 g/mol. The Balaban J connectivity index is 2.30. The zero-order valence-corrected chi connectivity index (χ0v) is 16.2. The van der Waals surface area contributed by atoms with Gasteiger partial charge in [-0.15, -0.1) is 0 Å². The third-order valence-electron chi connectivity index (χ3n) is 3.72. The fourth-order valence-electron chi connectivity index (χ4n) is 2.43. The Morgan fingerprint density at radius 1 is 1.07 bits per heavy atom. The van der Waals surface area contributed by atoms with Crippen molar-refractivity contribution in [3.63, 3.8) is 0 Å². The minimum Gasteiger partial charge on any atom is -0.399 e. The van der Waals surface area contributed by atoms with Crippen molar-refractivity contribution >= 4 is 23.0 Å². The highest BCUT2D eigenvalue weighted by Gasteiger charge is 2.15.